The molecule has 2 aliphatic rings. The van der Waals surface area contributed by atoms with Gasteiger partial charge in [-0.2, -0.15) is 0 Å². The molecule has 2 unspecified atom stereocenters. The summed E-state index contributed by atoms with van der Waals surface area (Å²) in [5.41, 5.74) is 2.71. The maximum Gasteiger partial charge on any atom is 0.268 e. The van der Waals surface area contributed by atoms with Crippen molar-refractivity contribution in [3.8, 4) is 5.75 Å². The number of benzene rings is 1. The summed E-state index contributed by atoms with van der Waals surface area (Å²) in [6.07, 6.45) is 6.37. The number of fused-ring (bicyclic) bond motifs is 1. The van der Waals surface area contributed by atoms with Gasteiger partial charge < -0.3 is 14.7 Å². The van der Waals surface area contributed by atoms with Gasteiger partial charge in [-0.3, -0.25) is 4.79 Å². The van der Waals surface area contributed by atoms with Crippen LogP contribution < -0.4 is 9.64 Å². The van der Waals surface area contributed by atoms with Crippen LogP contribution in [0.3, 0.4) is 0 Å². The molecule has 1 N–H and O–H groups in total. The zero-order chi connectivity index (χ0) is 18.2. The number of ether oxygens (including phenoxy) is 1. The smallest absolute Gasteiger partial charge is 0.268 e. The van der Waals surface area contributed by atoms with E-state index < -0.39 is 6.10 Å². The van der Waals surface area contributed by atoms with Crippen LogP contribution in [-0.4, -0.2) is 30.3 Å². The molecule has 25 heavy (non-hydrogen) atoms. The van der Waals surface area contributed by atoms with Crippen molar-refractivity contribution >= 4 is 23.2 Å². The van der Waals surface area contributed by atoms with Crippen LogP contribution in [-0.2, 0) is 4.79 Å². The van der Waals surface area contributed by atoms with E-state index in [4.69, 9.17) is 16.3 Å². The topological polar surface area (TPSA) is 49.8 Å². The van der Waals surface area contributed by atoms with Gasteiger partial charge in [0, 0.05) is 30.0 Å². The fraction of sp³-hybridized carbons (Fsp3) is 0.450. The molecule has 2 atom stereocenters. The highest BCUT2D eigenvalue weighted by atomic mass is 35.5. The highest BCUT2D eigenvalue weighted by molar-refractivity contribution is 6.31. The van der Waals surface area contributed by atoms with Crippen LogP contribution in [0.5, 0.6) is 5.75 Å². The van der Waals surface area contributed by atoms with Gasteiger partial charge in [-0.25, -0.2) is 0 Å². The van der Waals surface area contributed by atoms with Crippen LogP contribution >= 0.6 is 11.6 Å². The SMILES string of the molecule is Cc1cc(C)c2c(c1)N(CC1(C)C=CC(Cl)=CC1)C(=O)C(CCO)O2. The molecule has 0 saturated carbocycles. The lowest BCUT2D eigenvalue weighted by Crippen LogP contribution is -2.50. The van der Waals surface area contributed by atoms with Crippen LogP contribution in [0.1, 0.15) is 30.9 Å². The summed E-state index contributed by atoms with van der Waals surface area (Å²) in [4.78, 5) is 14.8. The molecule has 1 amide bonds. The lowest BCUT2D eigenvalue weighted by molar-refractivity contribution is -0.127. The molecule has 3 rings (SSSR count). The Balaban J connectivity index is 1.99. The van der Waals surface area contributed by atoms with E-state index in [9.17, 15) is 9.90 Å². The summed E-state index contributed by atoms with van der Waals surface area (Å²) in [6.45, 7) is 6.58. The number of hydrogen-bond donors (Lipinski definition) is 1. The molecule has 1 heterocycles. The second-order valence-corrected chi connectivity index (χ2v) is 7.69. The highest BCUT2D eigenvalue weighted by Crippen LogP contribution is 2.41. The summed E-state index contributed by atoms with van der Waals surface area (Å²) < 4.78 is 5.94. The quantitative estimate of drug-likeness (QED) is 0.885. The van der Waals surface area contributed by atoms with Crippen molar-refractivity contribution in [3.05, 3.63) is 46.5 Å². The zero-order valence-electron chi connectivity index (χ0n) is 14.9. The molecule has 0 radical (unpaired) electrons. The number of allylic oxidation sites excluding steroid dienone is 3. The van der Waals surface area contributed by atoms with Crippen LogP contribution in [0.4, 0.5) is 5.69 Å². The minimum absolute atomic E-state index is 0.0833. The molecule has 1 aliphatic carbocycles. The Labute approximate surface area is 153 Å². The van der Waals surface area contributed by atoms with E-state index in [0.29, 0.717) is 13.0 Å². The number of amides is 1. The van der Waals surface area contributed by atoms with E-state index in [1.807, 2.05) is 43.0 Å². The Kier molecular flexibility index (Phi) is 4.94. The van der Waals surface area contributed by atoms with E-state index in [0.717, 1.165) is 34.0 Å². The lowest BCUT2D eigenvalue weighted by Gasteiger charge is -2.40. The van der Waals surface area contributed by atoms with E-state index in [-0.39, 0.29) is 17.9 Å². The number of rotatable bonds is 4. The predicted molar refractivity (Wildman–Crippen MR) is 100 cm³/mol. The van der Waals surface area contributed by atoms with Gasteiger partial charge in [0.15, 0.2) is 6.10 Å². The second-order valence-electron chi connectivity index (χ2n) is 7.25. The standard InChI is InChI=1S/C20H24ClNO3/c1-13-10-14(2)18-16(11-13)22(19(24)17(25-18)6-9-23)12-20(3)7-4-15(21)5-8-20/h4-5,7,10-11,17,23H,6,8-9,12H2,1-3H3. The minimum Gasteiger partial charge on any atom is -0.478 e. The number of hydrogen-bond acceptors (Lipinski definition) is 3. The minimum atomic E-state index is -0.644. The van der Waals surface area contributed by atoms with Crippen LogP contribution in [0.2, 0.25) is 0 Å². The summed E-state index contributed by atoms with van der Waals surface area (Å²) in [5, 5.41) is 10.0. The average molecular weight is 362 g/mol. The molecule has 0 spiro atoms. The summed E-state index contributed by atoms with van der Waals surface area (Å²) in [7, 11) is 0. The maximum absolute atomic E-state index is 13.0. The number of aliphatic hydroxyl groups excluding tert-OH is 1. The number of anilines is 1. The normalized spacial score (nSPS) is 25.5. The van der Waals surface area contributed by atoms with Crippen LogP contribution in [0, 0.1) is 19.3 Å². The van der Waals surface area contributed by atoms with Gasteiger partial charge in [0.1, 0.15) is 5.75 Å². The van der Waals surface area contributed by atoms with Crippen LogP contribution in [0.25, 0.3) is 0 Å². The first-order chi connectivity index (χ1) is 11.8. The van der Waals surface area contributed by atoms with E-state index in [2.05, 4.69) is 13.0 Å². The number of halogens is 1. The van der Waals surface area contributed by atoms with Gasteiger partial charge in [-0.15, -0.1) is 0 Å². The summed E-state index contributed by atoms with van der Waals surface area (Å²) >= 11 is 6.05. The molecule has 1 aliphatic heterocycles. The summed E-state index contributed by atoms with van der Waals surface area (Å²) in [5.74, 6) is 0.641. The number of aliphatic hydroxyl groups is 1. The fourth-order valence-corrected chi connectivity index (χ4v) is 3.60. The Morgan fingerprint density at radius 2 is 2.16 bits per heavy atom. The van der Waals surface area contributed by atoms with Crippen molar-refractivity contribution < 1.29 is 14.6 Å². The van der Waals surface area contributed by atoms with Crippen molar-refractivity contribution in [2.75, 3.05) is 18.1 Å². The molecule has 1 aromatic rings. The number of carbonyl (C=O) groups excluding carboxylic acids is 1. The molecule has 0 bridgehead atoms. The average Bonchev–Trinajstić information content (AvgIpc) is 2.56. The van der Waals surface area contributed by atoms with Crippen molar-refractivity contribution in [2.45, 2.75) is 39.7 Å². The van der Waals surface area contributed by atoms with E-state index >= 15 is 0 Å². The van der Waals surface area contributed by atoms with Gasteiger partial charge in [0.2, 0.25) is 0 Å². The fourth-order valence-electron chi connectivity index (χ4n) is 3.46. The number of aryl methyl sites for hydroxylation is 2. The second kappa shape index (κ2) is 6.85. The third-order valence-corrected chi connectivity index (χ3v) is 5.09. The van der Waals surface area contributed by atoms with E-state index in [1.165, 1.54) is 0 Å². The highest BCUT2D eigenvalue weighted by Gasteiger charge is 2.38. The molecule has 4 nitrogen and oxygen atoms in total. The van der Waals surface area contributed by atoms with Crippen LogP contribution in [0.15, 0.2) is 35.4 Å². The van der Waals surface area contributed by atoms with Crippen molar-refractivity contribution in [1.82, 2.24) is 0 Å². The molecule has 0 saturated heterocycles. The molecule has 1 aromatic carbocycles. The lowest BCUT2D eigenvalue weighted by atomic mass is 9.82. The first-order valence-electron chi connectivity index (χ1n) is 8.58. The summed E-state index contributed by atoms with van der Waals surface area (Å²) in [6, 6.07) is 4.04. The van der Waals surface area contributed by atoms with Gasteiger partial charge in [-0.1, -0.05) is 36.7 Å². The Hall–Kier alpha value is -1.78. The largest absolute Gasteiger partial charge is 0.478 e. The molecular weight excluding hydrogens is 338 g/mol. The Morgan fingerprint density at radius 1 is 1.40 bits per heavy atom. The predicted octanol–water partition coefficient (Wildman–Crippen LogP) is 3.87. The molecule has 0 aromatic heterocycles. The third kappa shape index (κ3) is 3.60. The Morgan fingerprint density at radius 3 is 2.80 bits per heavy atom. The zero-order valence-corrected chi connectivity index (χ0v) is 15.6. The van der Waals surface area contributed by atoms with Gasteiger partial charge in [0.25, 0.3) is 5.91 Å². The monoisotopic (exact) mass is 361 g/mol. The number of nitrogens with zero attached hydrogens (tertiary/aromatic N) is 1. The Bertz CT molecular complexity index is 756. The van der Waals surface area contributed by atoms with Gasteiger partial charge >= 0.3 is 0 Å². The third-order valence-electron chi connectivity index (χ3n) is 4.81. The first-order valence-corrected chi connectivity index (χ1v) is 8.96. The van der Waals surface area contributed by atoms with Gasteiger partial charge in [-0.05, 0) is 43.5 Å². The van der Waals surface area contributed by atoms with Crippen molar-refractivity contribution in [3.63, 3.8) is 0 Å². The number of carbonyl (C=O) groups is 1. The molecule has 5 heteroatoms. The van der Waals surface area contributed by atoms with E-state index in [1.54, 1.807) is 0 Å². The maximum atomic E-state index is 13.0. The first kappa shape index (κ1) is 18.0. The van der Waals surface area contributed by atoms with Crippen molar-refractivity contribution in [1.29, 1.82) is 0 Å². The van der Waals surface area contributed by atoms with Crippen molar-refractivity contribution in [2.24, 2.45) is 5.41 Å². The van der Waals surface area contributed by atoms with Gasteiger partial charge in [0.05, 0.1) is 5.69 Å². The molecule has 134 valence electrons. The molecular formula is C20H24ClNO3. The molecule has 0 fully saturated rings.